The normalized spacial score (nSPS) is 14.5. The quantitative estimate of drug-likeness (QED) is 0.229. The van der Waals surface area contributed by atoms with Gasteiger partial charge < -0.3 is 25.8 Å². The van der Waals surface area contributed by atoms with E-state index in [1.807, 2.05) is 78.9 Å². The molecule has 1 fully saturated rings. The highest BCUT2D eigenvalue weighted by atomic mass is 16.1. The number of carbonyl (C=O) groups excluding carboxylic acids is 1. The number of hydrogen-bond acceptors (Lipinski definition) is 6. The summed E-state index contributed by atoms with van der Waals surface area (Å²) < 4.78 is 2.13. The summed E-state index contributed by atoms with van der Waals surface area (Å²) >= 11 is 0. The van der Waals surface area contributed by atoms with Gasteiger partial charge in [0.05, 0.1) is 11.0 Å². The number of nitrogens with zero attached hydrogens (tertiary/aromatic N) is 4. The second-order valence-corrected chi connectivity index (χ2v) is 10.2. The van der Waals surface area contributed by atoms with Crippen LogP contribution < -0.4 is 16.4 Å². The lowest BCUT2D eigenvalue weighted by Crippen LogP contribution is -2.36. The summed E-state index contributed by atoms with van der Waals surface area (Å²) in [5, 5.41) is 13.9. The lowest BCUT2D eigenvalue weighted by molar-refractivity contribution is 0.102. The Hall–Kier alpha value is -4.63. The maximum atomic E-state index is 13.0. The van der Waals surface area contributed by atoms with Crippen LogP contribution in [0.4, 0.5) is 17.2 Å². The topological polar surface area (TPSA) is 117 Å². The van der Waals surface area contributed by atoms with Gasteiger partial charge in [0.1, 0.15) is 5.69 Å². The summed E-state index contributed by atoms with van der Waals surface area (Å²) in [5.74, 6) is 0.967. The third-order valence-corrected chi connectivity index (χ3v) is 7.27. The van der Waals surface area contributed by atoms with Crippen LogP contribution in [0.2, 0.25) is 0 Å². The van der Waals surface area contributed by atoms with Crippen LogP contribution in [0.15, 0.2) is 78.9 Å². The maximum Gasteiger partial charge on any atom is 0.256 e. The predicted octanol–water partition coefficient (Wildman–Crippen LogP) is 4.82. The summed E-state index contributed by atoms with van der Waals surface area (Å²) in [5.41, 5.74) is 11.9. The number of nitrogens with two attached hydrogens (primary N) is 1. The van der Waals surface area contributed by atoms with E-state index >= 15 is 0 Å². The van der Waals surface area contributed by atoms with Gasteiger partial charge in [-0.15, -0.1) is 0 Å². The molecule has 198 valence electrons. The lowest BCUT2D eigenvalue weighted by atomic mass is 10.0. The van der Waals surface area contributed by atoms with Crippen LogP contribution in [-0.2, 0) is 6.54 Å². The fourth-order valence-electron chi connectivity index (χ4n) is 5.04. The van der Waals surface area contributed by atoms with E-state index in [1.165, 1.54) is 0 Å². The van der Waals surface area contributed by atoms with Crippen LogP contribution in [0.1, 0.15) is 28.8 Å². The molecule has 9 heteroatoms. The van der Waals surface area contributed by atoms with Gasteiger partial charge in [-0.3, -0.25) is 9.89 Å². The number of carbonyl (C=O) groups is 1. The molecule has 5 N–H and O–H groups in total. The third-order valence-electron chi connectivity index (χ3n) is 7.27. The van der Waals surface area contributed by atoms with Crippen molar-refractivity contribution in [2.24, 2.45) is 0 Å². The Kier molecular flexibility index (Phi) is 6.73. The molecule has 3 aromatic carbocycles. The number of imidazole rings is 1. The Labute approximate surface area is 227 Å². The fourth-order valence-corrected chi connectivity index (χ4v) is 5.04. The zero-order valence-electron chi connectivity index (χ0n) is 21.9. The molecule has 2 aromatic heterocycles. The van der Waals surface area contributed by atoms with E-state index in [4.69, 9.17) is 10.7 Å². The predicted molar refractivity (Wildman–Crippen MR) is 156 cm³/mol. The summed E-state index contributed by atoms with van der Waals surface area (Å²) in [7, 11) is 2.16. The number of nitrogen functional groups attached to an aromatic ring is 1. The zero-order chi connectivity index (χ0) is 26.8. The van der Waals surface area contributed by atoms with E-state index in [9.17, 15) is 4.79 Å². The maximum absolute atomic E-state index is 13.0. The minimum Gasteiger partial charge on any atom is -0.399 e. The van der Waals surface area contributed by atoms with Crippen molar-refractivity contribution in [3.63, 3.8) is 0 Å². The molecule has 5 aromatic rings. The number of anilines is 3. The largest absolute Gasteiger partial charge is 0.399 e. The first-order valence-electron chi connectivity index (χ1n) is 13.2. The molecule has 9 nitrogen and oxygen atoms in total. The smallest absolute Gasteiger partial charge is 0.256 e. The highest BCUT2D eigenvalue weighted by Gasteiger charge is 2.18. The first-order chi connectivity index (χ1) is 19.0. The minimum absolute atomic E-state index is 0.214. The van der Waals surface area contributed by atoms with Gasteiger partial charge in [-0.05, 0) is 87.1 Å². The molecule has 0 aliphatic carbocycles. The van der Waals surface area contributed by atoms with Crippen molar-refractivity contribution in [2.75, 3.05) is 36.5 Å². The van der Waals surface area contributed by atoms with Crippen molar-refractivity contribution in [3.8, 4) is 11.5 Å². The number of aromatic amines is 1. The SMILES string of the molecule is CN1CCC(Nc2ccc(C(=O)Nc3cc(-c4nc5ccccc5n4Cc4ccc(N)cc4)[nH]n3)cc2)CC1. The van der Waals surface area contributed by atoms with Crippen LogP contribution in [-0.4, -0.2) is 56.7 Å². The Morgan fingerprint density at radius 1 is 1.03 bits per heavy atom. The van der Waals surface area contributed by atoms with E-state index in [0.717, 1.165) is 65.4 Å². The molecule has 1 saturated heterocycles. The van der Waals surface area contributed by atoms with Gasteiger partial charge in [0.15, 0.2) is 11.6 Å². The van der Waals surface area contributed by atoms with E-state index in [2.05, 4.69) is 37.3 Å². The number of benzene rings is 3. The van der Waals surface area contributed by atoms with Crippen LogP contribution in [0.5, 0.6) is 0 Å². The number of para-hydroxylation sites is 2. The molecule has 1 aliphatic heterocycles. The zero-order valence-corrected chi connectivity index (χ0v) is 21.9. The Balaban J connectivity index is 1.17. The Bertz CT molecular complexity index is 1580. The van der Waals surface area contributed by atoms with Crippen molar-refractivity contribution in [1.82, 2.24) is 24.6 Å². The molecular weight excluding hydrogens is 488 g/mol. The van der Waals surface area contributed by atoms with Crippen molar-refractivity contribution in [2.45, 2.75) is 25.4 Å². The van der Waals surface area contributed by atoms with Gasteiger partial charge in [-0.2, -0.15) is 5.10 Å². The Morgan fingerprint density at radius 2 is 1.77 bits per heavy atom. The van der Waals surface area contributed by atoms with Crippen molar-refractivity contribution >= 4 is 34.1 Å². The number of rotatable bonds is 7. The minimum atomic E-state index is -0.214. The van der Waals surface area contributed by atoms with Crippen molar-refractivity contribution in [1.29, 1.82) is 0 Å². The standard InChI is InChI=1S/C30H32N8O/c1-37-16-14-24(15-17-37)32-23-12-8-21(9-13-23)30(39)34-28-18-26(35-36-28)29-33-25-4-2-3-5-27(25)38(29)19-20-6-10-22(31)11-7-20/h2-13,18,24,32H,14-17,19,31H2,1H3,(H2,34,35,36,39). The van der Waals surface area contributed by atoms with E-state index in [-0.39, 0.29) is 5.91 Å². The second kappa shape index (κ2) is 10.6. The molecule has 0 unspecified atom stereocenters. The number of fused-ring (bicyclic) bond motifs is 1. The first-order valence-corrected chi connectivity index (χ1v) is 13.2. The number of nitrogens with one attached hydrogen (secondary N) is 3. The number of H-pyrrole nitrogens is 1. The molecule has 0 radical (unpaired) electrons. The molecular formula is C30H32N8O. The summed E-state index contributed by atoms with van der Waals surface area (Å²) in [6.45, 7) is 2.82. The summed E-state index contributed by atoms with van der Waals surface area (Å²) in [6, 6.07) is 25.7. The number of likely N-dealkylation sites (tertiary alicyclic amines) is 1. The second-order valence-electron chi connectivity index (χ2n) is 10.2. The van der Waals surface area contributed by atoms with E-state index in [1.54, 1.807) is 0 Å². The molecule has 1 aliphatic rings. The highest BCUT2D eigenvalue weighted by molar-refractivity contribution is 6.04. The molecule has 0 saturated carbocycles. The van der Waals surface area contributed by atoms with Crippen LogP contribution in [0, 0.1) is 0 Å². The molecule has 6 rings (SSSR count). The van der Waals surface area contributed by atoms with Gasteiger partial charge in [0.25, 0.3) is 5.91 Å². The number of amides is 1. The molecule has 1 amide bonds. The Morgan fingerprint density at radius 3 is 2.54 bits per heavy atom. The summed E-state index contributed by atoms with van der Waals surface area (Å²) in [4.78, 5) is 20.2. The van der Waals surface area contributed by atoms with Gasteiger partial charge >= 0.3 is 0 Å². The van der Waals surface area contributed by atoms with Gasteiger partial charge in [-0.25, -0.2) is 4.98 Å². The average molecular weight is 521 g/mol. The fraction of sp³-hybridized carbons (Fsp3) is 0.233. The number of hydrogen-bond donors (Lipinski definition) is 4. The molecule has 0 spiro atoms. The van der Waals surface area contributed by atoms with Crippen LogP contribution in [0.25, 0.3) is 22.6 Å². The molecule has 0 atom stereocenters. The highest BCUT2D eigenvalue weighted by Crippen LogP contribution is 2.26. The van der Waals surface area contributed by atoms with Gasteiger partial charge in [-0.1, -0.05) is 24.3 Å². The van der Waals surface area contributed by atoms with Gasteiger partial charge in [0, 0.05) is 35.6 Å². The average Bonchev–Trinajstić information content (AvgIpc) is 3.56. The van der Waals surface area contributed by atoms with Crippen molar-refractivity contribution < 1.29 is 4.79 Å². The van der Waals surface area contributed by atoms with E-state index < -0.39 is 0 Å². The van der Waals surface area contributed by atoms with Crippen LogP contribution >= 0.6 is 0 Å². The van der Waals surface area contributed by atoms with E-state index in [0.29, 0.717) is 24.0 Å². The monoisotopic (exact) mass is 520 g/mol. The number of piperidine rings is 1. The van der Waals surface area contributed by atoms with Crippen molar-refractivity contribution in [3.05, 3.63) is 90.0 Å². The first kappa shape index (κ1) is 24.7. The molecule has 3 heterocycles. The lowest BCUT2D eigenvalue weighted by Gasteiger charge is -2.30. The van der Waals surface area contributed by atoms with Gasteiger partial charge in [0.2, 0.25) is 0 Å². The van der Waals surface area contributed by atoms with Crippen LogP contribution in [0.3, 0.4) is 0 Å². The summed E-state index contributed by atoms with van der Waals surface area (Å²) in [6.07, 6.45) is 2.24. The molecule has 39 heavy (non-hydrogen) atoms. The number of aromatic nitrogens is 4. The molecule has 0 bridgehead atoms. The third kappa shape index (κ3) is 5.49.